The largest absolute Gasteiger partial charge is 0.399 e. The van der Waals surface area contributed by atoms with Crippen molar-refractivity contribution in [2.75, 3.05) is 12.3 Å². The van der Waals surface area contributed by atoms with E-state index in [4.69, 9.17) is 5.73 Å². The number of rotatable bonds is 11. The minimum atomic E-state index is 0.612. The second-order valence-electron chi connectivity index (χ2n) is 6.69. The molecule has 1 aromatic heterocycles. The van der Waals surface area contributed by atoms with Crippen LogP contribution >= 0.6 is 11.3 Å². The lowest BCUT2D eigenvalue weighted by Crippen LogP contribution is -2.32. The van der Waals surface area contributed by atoms with E-state index in [1.807, 2.05) is 12.1 Å². The normalized spacial score (nSPS) is 13.8. The molecule has 0 bridgehead atoms. The fourth-order valence-electron chi connectivity index (χ4n) is 3.35. The highest BCUT2D eigenvalue weighted by Crippen LogP contribution is 2.25. The predicted octanol–water partition coefficient (Wildman–Crippen LogP) is 5.61. The van der Waals surface area contributed by atoms with E-state index in [9.17, 15) is 0 Å². The van der Waals surface area contributed by atoms with Gasteiger partial charge in [-0.3, -0.25) is 0 Å². The van der Waals surface area contributed by atoms with Crippen LogP contribution in [0.4, 0.5) is 5.69 Å². The quantitative estimate of drug-likeness (QED) is 0.411. The number of anilines is 1. The molecule has 1 heterocycles. The van der Waals surface area contributed by atoms with Crippen LogP contribution < -0.4 is 11.1 Å². The van der Waals surface area contributed by atoms with Gasteiger partial charge >= 0.3 is 0 Å². The molecule has 2 atom stereocenters. The van der Waals surface area contributed by atoms with Gasteiger partial charge in [0.05, 0.1) is 0 Å². The summed E-state index contributed by atoms with van der Waals surface area (Å²) in [6.07, 6.45) is 7.32. The Morgan fingerprint density at radius 2 is 1.88 bits per heavy atom. The van der Waals surface area contributed by atoms with Gasteiger partial charge in [0.2, 0.25) is 0 Å². The summed E-state index contributed by atoms with van der Waals surface area (Å²) >= 11 is 1.80. The highest BCUT2D eigenvalue weighted by molar-refractivity contribution is 7.07. The molecule has 3 heteroatoms. The van der Waals surface area contributed by atoms with Crippen molar-refractivity contribution in [3.8, 4) is 0 Å². The Hall–Kier alpha value is -1.32. The van der Waals surface area contributed by atoms with Crippen molar-refractivity contribution in [3.63, 3.8) is 0 Å². The van der Waals surface area contributed by atoms with Gasteiger partial charge in [-0.05, 0) is 84.7 Å². The van der Waals surface area contributed by atoms with Gasteiger partial charge in [-0.2, -0.15) is 11.3 Å². The van der Waals surface area contributed by atoms with Gasteiger partial charge in [-0.15, -0.1) is 0 Å². The zero-order chi connectivity index (χ0) is 17.2. The summed E-state index contributed by atoms with van der Waals surface area (Å²) in [4.78, 5) is 0. The minimum absolute atomic E-state index is 0.612. The molecule has 0 saturated carbocycles. The molecule has 132 valence electrons. The smallest absolute Gasteiger partial charge is 0.0314 e. The van der Waals surface area contributed by atoms with Crippen LogP contribution in [0.15, 0.2) is 41.1 Å². The fourth-order valence-corrected chi connectivity index (χ4v) is 4.03. The summed E-state index contributed by atoms with van der Waals surface area (Å²) in [5, 5.41) is 8.24. The number of hydrogen-bond donors (Lipinski definition) is 2. The summed E-state index contributed by atoms with van der Waals surface area (Å²) < 4.78 is 0. The zero-order valence-electron chi connectivity index (χ0n) is 15.1. The first kappa shape index (κ1) is 19.0. The maximum absolute atomic E-state index is 5.80. The molecule has 24 heavy (non-hydrogen) atoms. The highest BCUT2D eigenvalue weighted by atomic mass is 32.1. The first-order valence-corrected chi connectivity index (χ1v) is 10.3. The molecule has 0 saturated heterocycles. The van der Waals surface area contributed by atoms with Gasteiger partial charge in [-0.25, -0.2) is 0 Å². The van der Waals surface area contributed by atoms with Crippen molar-refractivity contribution in [1.82, 2.24) is 5.32 Å². The van der Waals surface area contributed by atoms with E-state index in [1.165, 1.54) is 43.2 Å². The van der Waals surface area contributed by atoms with E-state index in [0.717, 1.165) is 18.7 Å². The molecular weight excluding hydrogens is 312 g/mol. The van der Waals surface area contributed by atoms with Gasteiger partial charge in [-0.1, -0.05) is 32.4 Å². The molecule has 2 aromatic rings. The summed E-state index contributed by atoms with van der Waals surface area (Å²) in [7, 11) is 0. The molecule has 2 rings (SSSR count). The van der Waals surface area contributed by atoms with Gasteiger partial charge in [0.15, 0.2) is 0 Å². The summed E-state index contributed by atoms with van der Waals surface area (Å²) in [6, 6.07) is 11.3. The average Bonchev–Trinajstić information content (AvgIpc) is 3.09. The number of thiophene rings is 1. The van der Waals surface area contributed by atoms with E-state index >= 15 is 0 Å². The lowest BCUT2D eigenvalue weighted by molar-refractivity contribution is 0.452. The molecule has 0 aliphatic heterocycles. The van der Waals surface area contributed by atoms with Gasteiger partial charge in [0, 0.05) is 11.7 Å². The maximum Gasteiger partial charge on any atom is 0.0314 e. The molecule has 0 spiro atoms. The molecule has 0 fully saturated rings. The van der Waals surface area contributed by atoms with E-state index in [2.05, 4.69) is 48.1 Å². The van der Waals surface area contributed by atoms with Gasteiger partial charge in [0.25, 0.3) is 0 Å². The van der Waals surface area contributed by atoms with E-state index < -0.39 is 0 Å². The van der Waals surface area contributed by atoms with Gasteiger partial charge < -0.3 is 11.1 Å². The molecule has 2 unspecified atom stereocenters. The average molecular weight is 345 g/mol. The van der Waals surface area contributed by atoms with E-state index in [0.29, 0.717) is 12.0 Å². The van der Waals surface area contributed by atoms with Crippen molar-refractivity contribution >= 4 is 17.0 Å². The first-order valence-electron chi connectivity index (χ1n) is 9.32. The summed E-state index contributed by atoms with van der Waals surface area (Å²) in [5.41, 5.74) is 9.55. The van der Waals surface area contributed by atoms with Gasteiger partial charge in [0.1, 0.15) is 0 Å². The van der Waals surface area contributed by atoms with E-state index in [1.54, 1.807) is 11.3 Å². The van der Waals surface area contributed by atoms with Crippen LogP contribution in [-0.2, 0) is 6.42 Å². The Morgan fingerprint density at radius 1 is 1.08 bits per heavy atom. The van der Waals surface area contributed by atoms with Crippen LogP contribution in [0.3, 0.4) is 0 Å². The molecule has 0 amide bonds. The molecular formula is C21H32N2S. The van der Waals surface area contributed by atoms with Crippen LogP contribution in [0, 0.1) is 0 Å². The highest BCUT2D eigenvalue weighted by Gasteiger charge is 2.11. The standard InChI is InChI=1S/C21H32N2S/c1-3-6-21(15-17-12-14-24-16-17)23-13-5-7-18(4-2)19-8-10-20(22)11-9-19/h8-12,14,16,18,21,23H,3-7,13,15,22H2,1-2H3. The number of hydrogen-bond acceptors (Lipinski definition) is 3. The van der Waals surface area contributed by atoms with Crippen molar-refractivity contribution in [3.05, 3.63) is 52.2 Å². The number of benzene rings is 1. The first-order chi connectivity index (χ1) is 11.7. The number of nitrogen functional groups attached to an aromatic ring is 1. The molecule has 2 nitrogen and oxygen atoms in total. The topological polar surface area (TPSA) is 38.0 Å². The molecule has 1 aromatic carbocycles. The van der Waals surface area contributed by atoms with Crippen LogP contribution in [0.25, 0.3) is 0 Å². The third-order valence-corrected chi connectivity index (χ3v) is 5.49. The Labute approximate surface area is 151 Å². The SMILES string of the molecule is CCCC(Cc1ccsc1)NCCCC(CC)c1ccc(N)cc1. The van der Waals surface area contributed by atoms with Crippen LogP contribution in [-0.4, -0.2) is 12.6 Å². The van der Waals surface area contributed by atoms with Crippen LogP contribution in [0.5, 0.6) is 0 Å². The third-order valence-electron chi connectivity index (χ3n) is 4.76. The molecule has 0 radical (unpaired) electrons. The molecule has 0 aliphatic rings. The minimum Gasteiger partial charge on any atom is -0.399 e. The Morgan fingerprint density at radius 3 is 2.50 bits per heavy atom. The van der Waals surface area contributed by atoms with Crippen LogP contribution in [0.1, 0.15) is 63.0 Å². The molecule has 0 aliphatic carbocycles. The predicted molar refractivity (Wildman–Crippen MR) is 108 cm³/mol. The van der Waals surface area contributed by atoms with Crippen molar-refractivity contribution in [1.29, 1.82) is 0 Å². The zero-order valence-corrected chi connectivity index (χ0v) is 15.9. The monoisotopic (exact) mass is 344 g/mol. The van der Waals surface area contributed by atoms with Crippen molar-refractivity contribution in [2.24, 2.45) is 0 Å². The Bertz CT molecular complexity index is 548. The third kappa shape index (κ3) is 6.29. The van der Waals surface area contributed by atoms with Crippen molar-refractivity contribution in [2.45, 2.75) is 64.3 Å². The van der Waals surface area contributed by atoms with E-state index in [-0.39, 0.29) is 0 Å². The fraction of sp³-hybridized carbons (Fsp3) is 0.524. The summed E-state index contributed by atoms with van der Waals surface area (Å²) in [6.45, 7) is 5.67. The second kappa shape index (κ2) is 10.5. The maximum atomic E-state index is 5.80. The number of nitrogens with two attached hydrogens (primary N) is 1. The Balaban J connectivity index is 1.75. The number of nitrogens with one attached hydrogen (secondary N) is 1. The lowest BCUT2D eigenvalue weighted by atomic mass is 9.91. The molecule has 3 N–H and O–H groups in total. The van der Waals surface area contributed by atoms with Crippen molar-refractivity contribution < 1.29 is 0 Å². The lowest BCUT2D eigenvalue weighted by Gasteiger charge is -2.19. The Kier molecular flexibility index (Phi) is 8.34. The second-order valence-corrected chi connectivity index (χ2v) is 7.47. The van der Waals surface area contributed by atoms with Crippen LogP contribution in [0.2, 0.25) is 0 Å². The summed E-state index contributed by atoms with van der Waals surface area (Å²) in [5.74, 6) is 0.647.